The van der Waals surface area contributed by atoms with Crippen molar-refractivity contribution in [1.29, 1.82) is 0 Å². The van der Waals surface area contributed by atoms with E-state index in [4.69, 9.17) is 5.73 Å². The van der Waals surface area contributed by atoms with Crippen LogP contribution in [0, 0.1) is 5.92 Å². The average Bonchev–Trinajstić information content (AvgIpc) is 2.97. The molecule has 0 spiro atoms. The first-order valence-electron chi connectivity index (χ1n) is 7.95. The van der Waals surface area contributed by atoms with Crippen LogP contribution in [-0.2, 0) is 0 Å². The quantitative estimate of drug-likeness (QED) is 0.888. The van der Waals surface area contributed by atoms with Gasteiger partial charge < -0.3 is 15.7 Å². The van der Waals surface area contributed by atoms with Crippen LogP contribution < -0.4 is 5.73 Å². The number of amides is 1. The third-order valence-electron chi connectivity index (χ3n) is 4.43. The Kier molecular flexibility index (Phi) is 5.85. The zero-order valence-electron chi connectivity index (χ0n) is 13.6. The molecule has 2 unspecified atom stereocenters. The van der Waals surface area contributed by atoms with Gasteiger partial charge in [0.05, 0.1) is 11.9 Å². The van der Waals surface area contributed by atoms with Crippen LogP contribution in [0.5, 0.6) is 5.75 Å². The van der Waals surface area contributed by atoms with Crippen LogP contribution in [0.15, 0.2) is 36.5 Å². The summed E-state index contributed by atoms with van der Waals surface area (Å²) in [7, 11) is 0. The second-order valence-corrected chi connectivity index (χ2v) is 6.16. The van der Waals surface area contributed by atoms with Crippen LogP contribution >= 0.6 is 12.4 Å². The molecule has 2 aromatic rings. The molecular weight excluding hydrogens is 328 g/mol. The summed E-state index contributed by atoms with van der Waals surface area (Å²) in [5, 5.41) is 14.4. The number of carbonyl (C=O) groups excluding carboxylic acids is 1. The zero-order valence-corrected chi connectivity index (χ0v) is 14.4. The maximum absolute atomic E-state index is 12.8. The Bertz CT molecular complexity index is 689. The second-order valence-electron chi connectivity index (χ2n) is 6.16. The van der Waals surface area contributed by atoms with E-state index < -0.39 is 0 Å². The Morgan fingerprint density at radius 2 is 2.08 bits per heavy atom. The Labute approximate surface area is 147 Å². The average molecular weight is 351 g/mol. The fourth-order valence-electron chi connectivity index (χ4n) is 3.11. The molecule has 130 valence electrons. The molecule has 1 aliphatic rings. The van der Waals surface area contributed by atoms with Crippen molar-refractivity contribution in [3.05, 3.63) is 42.2 Å². The molecule has 1 amide bonds. The molecule has 3 rings (SSSR count). The number of likely N-dealkylation sites (tertiary alicyclic amines) is 1. The van der Waals surface area contributed by atoms with Gasteiger partial charge in [0.25, 0.3) is 5.91 Å². The van der Waals surface area contributed by atoms with Gasteiger partial charge in [0.1, 0.15) is 0 Å². The van der Waals surface area contributed by atoms with Crippen LogP contribution in [0.25, 0.3) is 5.69 Å². The van der Waals surface area contributed by atoms with Crippen LogP contribution in [-0.4, -0.2) is 44.8 Å². The number of piperidine rings is 1. The van der Waals surface area contributed by atoms with Crippen molar-refractivity contribution in [3.8, 4) is 11.4 Å². The Morgan fingerprint density at radius 3 is 2.75 bits per heavy atom. The number of nitrogens with two attached hydrogens (primary N) is 1. The van der Waals surface area contributed by atoms with Gasteiger partial charge in [-0.3, -0.25) is 4.79 Å². The van der Waals surface area contributed by atoms with Gasteiger partial charge in [-0.1, -0.05) is 25.1 Å². The molecule has 3 N–H and O–H groups in total. The largest absolute Gasteiger partial charge is 0.504 e. The Hall–Kier alpha value is -2.05. The molecule has 1 aromatic carbocycles. The van der Waals surface area contributed by atoms with Crippen LogP contribution in [0.1, 0.15) is 30.3 Å². The summed E-state index contributed by atoms with van der Waals surface area (Å²) in [6, 6.07) is 9.41. The maximum atomic E-state index is 12.8. The van der Waals surface area contributed by atoms with Crippen molar-refractivity contribution in [2.24, 2.45) is 11.7 Å². The number of rotatable bonds is 3. The van der Waals surface area contributed by atoms with Crippen LogP contribution in [0.4, 0.5) is 0 Å². The first kappa shape index (κ1) is 18.3. The lowest BCUT2D eigenvalue weighted by atomic mass is 9.92. The van der Waals surface area contributed by atoms with Crippen molar-refractivity contribution in [2.45, 2.75) is 25.8 Å². The predicted octanol–water partition coefficient (Wildman–Crippen LogP) is 2.20. The highest BCUT2D eigenvalue weighted by atomic mass is 35.5. The number of carbonyl (C=O) groups is 1. The highest BCUT2D eigenvalue weighted by molar-refractivity contribution is 5.95. The fourth-order valence-corrected chi connectivity index (χ4v) is 3.11. The summed E-state index contributed by atoms with van der Waals surface area (Å²) in [6.45, 7) is 3.25. The van der Waals surface area contributed by atoms with Gasteiger partial charge in [0, 0.05) is 19.1 Å². The standard InChI is InChI=1S/C17H22N4O2.ClH/c1-12-7-8-20(14(9-12)10-18)17(23)16-15(22)11-21(19-16)13-5-3-2-4-6-13;/h2-6,11-12,14,22H,7-10,18H2,1H3;1H. The number of aromatic hydroxyl groups is 1. The number of hydrogen-bond acceptors (Lipinski definition) is 4. The number of nitrogens with zero attached hydrogens (tertiary/aromatic N) is 3. The zero-order chi connectivity index (χ0) is 16.4. The van der Waals surface area contributed by atoms with Gasteiger partial charge in [-0.15, -0.1) is 12.4 Å². The van der Waals surface area contributed by atoms with Gasteiger partial charge in [-0.2, -0.15) is 5.10 Å². The number of para-hydroxylation sites is 1. The molecule has 2 atom stereocenters. The molecule has 2 heterocycles. The third kappa shape index (κ3) is 3.55. The third-order valence-corrected chi connectivity index (χ3v) is 4.43. The molecule has 0 bridgehead atoms. The van der Waals surface area contributed by atoms with E-state index in [1.54, 1.807) is 4.90 Å². The van der Waals surface area contributed by atoms with Gasteiger partial charge in [0.2, 0.25) is 0 Å². The van der Waals surface area contributed by atoms with Crippen molar-refractivity contribution in [1.82, 2.24) is 14.7 Å². The van der Waals surface area contributed by atoms with Crippen LogP contribution in [0.3, 0.4) is 0 Å². The lowest BCUT2D eigenvalue weighted by molar-refractivity contribution is 0.0564. The summed E-state index contributed by atoms with van der Waals surface area (Å²) in [5.74, 6) is 0.204. The predicted molar refractivity (Wildman–Crippen MR) is 94.8 cm³/mol. The highest BCUT2D eigenvalue weighted by Crippen LogP contribution is 2.26. The van der Waals surface area contributed by atoms with Crippen LogP contribution in [0.2, 0.25) is 0 Å². The van der Waals surface area contributed by atoms with Gasteiger partial charge in [-0.05, 0) is 30.9 Å². The van der Waals surface area contributed by atoms with Gasteiger partial charge >= 0.3 is 0 Å². The number of hydrogen-bond donors (Lipinski definition) is 2. The lowest BCUT2D eigenvalue weighted by Gasteiger charge is -2.37. The van der Waals surface area contributed by atoms with Gasteiger partial charge in [-0.25, -0.2) is 4.68 Å². The van der Waals surface area contributed by atoms with E-state index in [2.05, 4.69) is 12.0 Å². The fraction of sp³-hybridized carbons (Fsp3) is 0.412. The summed E-state index contributed by atoms with van der Waals surface area (Å²) in [5.41, 5.74) is 6.70. The molecule has 0 aliphatic carbocycles. The molecule has 1 aromatic heterocycles. The van der Waals surface area contributed by atoms with Crippen molar-refractivity contribution >= 4 is 18.3 Å². The maximum Gasteiger partial charge on any atom is 0.278 e. The number of benzene rings is 1. The minimum atomic E-state index is -0.250. The van der Waals surface area contributed by atoms with Crippen molar-refractivity contribution < 1.29 is 9.90 Å². The number of halogens is 1. The summed E-state index contributed by atoms with van der Waals surface area (Å²) in [6.07, 6.45) is 3.30. The topological polar surface area (TPSA) is 84.4 Å². The first-order valence-corrected chi connectivity index (χ1v) is 7.95. The smallest absolute Gasteiger partial charge is 0.278 e. The normalized spacial score (nSPS) is 20.5. The lowest BCUT2D eigenvalue weighted by Crippen LogP contribution is -2.49. The molecule has 1 saturated heterocycles. The molecular formula is C17H23ClN4O2. The van der Waals surface area contributed by atoms with E-state index in [-0.39, 0.29) is 35.8 Å². The minimum Gasteiger partial charge on any atom is -0.504 e. The van der Waals surface area contributed by atoms with Gasteiger partial charge in [0.15, 0.2) is 11.4 Å². The Morgan fingerprint density at radius 1 is 1.38 bits per heavy atom. The number of aromatic nitrogens is 2. The monoisotopic (exact) mass is 350 g/mol. The summed E-state index contributed by atoms with van der Waals surface area (Å²) < 4.78 is 1.52. The molecule has 0 saturated carbocycles. The van der Waals surface area contributed by atoms with E-state index in [1.807, 2.05) is 30.3 Å². The van der Waals surface area contributed by atoms with Crippen molar-refractivity contribution in [2.75, 3.05) is 13.1 Å². The first-order chi connectivity index (χ1) is 11.1. The highest BCUT2D eigenvalue weighted by Gasteiger charge is 2.32. The SMILES string of the molecule is CC1CCN(C(=O)c2nn(-c3ccccc3)cc2O)C(CN)C1.Cl. The van der Waals surface area contributed by atoms with Crippen molar-refractivity contribution in [3.63, 3.8) is 0 Å². The van der Waals surface area contributed by atoms with E-state index in [1.165, 1.54) is 10.9 Å². The summed E-state index contributed by atoms with van der Waals surface area (Å²) in [4.78, 5) is 14.5. The summed E-state index contributed by atoms with van der Waals surface area (Å²) >= 11 is 0. The molecule has 24 heavy (non-hydrogen) atoms. The molecule has 1 aliphatic heterocycles. The van der Waals surface area contributed by atoms with E-state index in [9.17, 15) is 9.90 Å². The molecule has 7 heteroatoms. The van der Waals surface area contributed by atoms with E-state index in [0.717, 1.165) is 18.5 Å². The van der Waals surface area contributed by atoms with E-state index in [0.29, 0.717) is 19.0 Å². The Balaban J connectivity index is 0.00000208. The molecule has 0 radical (unpaired) electrons. The van der Waals surface area contributed by atoms with E-state index >= 15 is 0 Å². The molecule has 6 nitrogen and oxygen atoms in total. The second kappa shape index (κ2) is 7.68. The minimum absolute atomic E-state index is 0. The molecule has 1 fully saturated rings.